The largest absolute Gasteiger partial charge is 0.397 e. The van der Waals surface area contributed by atoms with E-state index in [0.29, 0.717) is 17.2 Å². The van der Waals surface area contributed by atoms with Crippen LogP contribution in [0.1, 0.15) is 36.5 Å². The Hall–Kier alpha value is -1.71. The number of carbonyl (C=O) groups excluding carboxylic acids is 1. The Bertz CT molecular complexity index is 485. The van der Waals surface area contributed by atoms with Gasteiger partial charge in [0.25, 0.3) is 5.91 Å². The second kappa shape index (κ2) is 6.16. The fourth-order valence-corrected chi connectivity index (χ4v) is 2.95. The molecule has 2 rings (SSSR count). The normalized spacial score (nSPS) is 21.8. The van der Waals surface area contributed by atoms with Crippen molar-refractivity contribution in [2.75, 3.05) is 31.3 Å². The minimum atomic E-state index is -0.0268. The lowest BCUT2D eigenvalue weighted by atomic mass is 9.98. The number of carbonyl (C=O) groups is 1. The van der Waals surface area contributed by atoms with Crippen molar-refractivity contribution in [3.05, 3.63) is 23.8 Å². The van der Waals surface area contributed by atoms with Crippen molar-refractivity contribution in [1.82, 2.24) is 5.32 Å². The summed E-state index contributed by atoms with van der Waals surface area (Å²) in [6, 6.07) is 5.48. The summed E-state index contributed by atoms with van der Waals surface area (Å²) in [5, 5.41) is 3.04. The van der Waals surface area contributed by atoms with Gasteiger partial charge in [0, 0.05) is 26.2 Å². The Kier molecular flexibility index (Phi) is 4.53. The van der Waals surface area contributed by atoms with Gasteiger partial charge in [-0.2, -0.15) is 0 Å². The predicted molar refractivity (Wildman–Crippen MR) is 84.0 cm³/mol. The van der Waals surface area contributed by atoms with Crippen LogP contribution in [0, 0.1) is 11.8 Å². The molecule has 2 unspecified atom stereocenters. The van der Waals surface area contributed by atoms with E-state index in [1.165, 1.54) is 19.3 Å². The molecule has 0 aliphatic heterocycles. The van der Waals surface area contributed by atoms with Crippen LogP contribution in [0.2, 0.25) is 0 Å². The lowest BCUT2D eigenvalue weighted by Gasteiger charge is -2.17. The minimum absolute atomic E-state index is 0.0268. The molecule has 1 aromatic rings. The highest BCUT2D eigenvalue weighted by Gasteiger charge is 2.23. The van der Waals surface area contributed by atoms with E-state index in [1.54, 1.807) is 6.07 Å². The fourth-order valence-electron chi connectivity index (χ4n) is 2.95. The van der Waals surface area contributed by atoms with Crippen LogP contribution >= 0.6 is 0 Å². The number of nitrogens with zero attached hydrogens (tertiary/aromatic N) is 1. The summed E-state index contributed by atoms with van der Waals surface area (Å²) in [7, 11) is 3.87. The second-order valence-corrected chi connectivity index (χ2v) is 6.05. The maximum Gasteiger partial charge on any atom is 0.251 e. The number of amides is 1. The Balaban J connectivity index is 1.97. The topological polar surface area (TPSA) is 58.4 Å². The van der Waals surface area contributed by atoms with Gasteiger partial charge in [0.15, 0.2) is 0 Å². The summed E-state index contributed by atoms with van der Waals surface area (Å²) in [6.45, 7) is 3.04. The lowest BCUT2D eigenvalue weighted by Crippen LogP contribution is -2.30. The second-order valence-electron chi connectivity index (χ2n) is 6.05. The third-order valence-corrected chi connectivity index (χ3v) is 4.34. The molecule has 1 fully saturated rings. The van der Waals surface area contributed by atoms with E-state index in [0.717, 1.165) is 18.2 Å². The summed E-state index contributed by atoms with van der Waals surface area (Å²) in [5.41, 5.74) is 8.19. The summed E-state index contributed by atoms with van der Waals surface area (Å²) in [6.07, 6.45) is 3.79. The standard InChI is InChI=1S/C16H25N3O/c1-11-5-4-6-13(11)10-18-16(20)12-7-8-15(19(2)3)14(17)9-12/h7-9,11,13H,4-6,10,17H2,1-3H3,(H,18,20). The highest BCUT2D eigenvalue weighted by molar-refractivity contribution is 5.96. The van der Waals surface area contributed by atoms with E-state index in [4.69, 9.17) is 5.73 Å². The molecule has 0 spiro atoms. The lowest BCUT2D eigenvalue weighted by molar-refractivity contribution is 0.0944. The van der Waals surface area contributed by atoms with Crippen molar-refractivity contribution in [2.45, 2.75) is 26.2 Å². The molecule has 4 nitrogen and oxygen atoms in total. The number of nitrogens with two attached hydrogens (primary N) is 1. The van der Waals surface area contributed by atoms with Crippen LogP contribution in [0.5, 0.6) is 0 Å². The molecule has 4 heteroatoms. The van der Waals surface area contributed by atoms with Crippen molar-refractivity contribution < 1.29 is 4.79 Å². The van der Waals surface area contributed by atoms with E-state index in [1.807, 2.05) is 31.1 Å². The highest BCUT2D eigenvalue weighted by Crippen LogP contribution is 2.30. The first-order chi connectivity index (χ1) is 9.49. The number of nitrogens with one attached hydrogen (secondary N) is 1. The first kappa shape index (κ1) is 14.7. The van der Waals surface area contributed by atoms with Crippen LogP contribution in [-0.2, 0) is 0 Å². The van der Waals surface area contributed by atoms with E-state index in [9.17, 15) is 4.79 Å². The maximum atomic E-state index is 12.2. The zero-order chi connectivity index (χ0) is 14.7. The first-order valence-corrected chi connectivity index (χ1v) is 7.34. The molecule has 1 aliphatic carbocycles. The molecule has 110 valence electrons. The van der Waals surface area contributed by atoms with Crippen LogP contribution in [0.25, 0.3) is 0 Å². The number of anilines is 2. The van der Waals surface area contributed by atoms with Crippen molar-refractivity contribution >= 4 is 17.3 Å². The van der Waals surface area contributed by atoms with Crippen LogP contribution in [0.15, 0.2) is 18.2 Å². The van der Waals surface area contributed by atoms with Crippen LogP contribution in [0.3, 0.4) is 0 Å². The zero-order valence-corrected chi connectivity index (χ0v) is 12.6. The zero-order valence-electron chi connectivity index (χ0n) is 12.6. The first-order valence-electron chi connectivity index (χ1n) is 7.34. The highest BCUT2D eigenvalue weighted by atomic mass is 16.1. The van der Waals surface area contributed by atoms with Gasteiger partial charge in [0.2, 0.25) is 0 Å². The monoisotopic (exact) mass is 275 g/mol. The molecule has 1 saturated carbocycles. The molecule has 1 aromatic carbocycles. The quantitative estimate of drug-likeness (QED) is 0.830. The molecule has 0 aromatic heterocycles. The average Bonchev–Trinajstić information content (AvgIpc) is 2.81. The number of nitrogen functional groups attached to an aromatic ring is 1. The molecule has 20 heavy (non-hydrogen) atoms. The number of hydrogen-bond donors (Lipinski definition) is 2. The third kappa shape index (κ3) is 3.24. The van der Waals surface area contributed by atoms with Gasteiger partial charge in [-0.15, -0.1) is 0 Å². The van der Waals surface area contributed by atoms with Crippen LogP contribution in [0.4, 0.5) is 11.4 Å². The van der Waals surface area contributed by atoms with Gasteiger partial charge in [-0.25, -0.2) is 0 Å². The third-order valence-electron chi connectivity index (χ3n) is 4.34. The molecular formula is C16H25N3O. The van der Waals surface area contributed by atoms with Gasteiger partial charge < -0.3 is 16.0 Å². The molecule has 0 saturated heterocycles. The molecule has 0 radical (unpaired) electrons. The summed E-state index contributed by atoms with van der Waals surface area (Å²) >= 11 is 0. The SMILES string of the molecule is CC1CCCC1CNC(=O)c1ccc(N(C)C)c(N)c1. The number of rotatable bonds is 4. The van der Waals surface area contributed by atoms with Gasteiger partial charge in [-0.05, 0) is 36.5 Å². The van der Waals surface area contributed by atoms with Gasteiger partial charge in [0.1, 0.15) is 0 Å². The number of hydrogen-bond acceptors (Lipinski definition) is 3. The van der Waals surface area contributed by atoms with E-state index in [-0.39, 0.29) is 5.91 Å². The van der Waals surface area contributed by atoms with E-state index >= 15 is 0 Å². The van der Waals surface area contributed by atoms with Crippen LogP contribution < -0.4 is 16.0 Å². The molecule has 0 bridgehead atoms. The average molecular weight is 275 g/mol. The summed E-state index contributed by atoms with van der Waals surface area (Å²) in [4.78, 5) is 14.1. The Morgan fingerprint density at radius 1 is 1.40 bits per heavy atom. The maximum absolute atomic E-state index is 12.2. The van der Waals surface area contributed by atoms with Crippen molar-refractivity contribution in [3.8, 4) is 0 Å². The van der Waals surface area contributed by atoms with Gasteiger partial charge in [0.05, 0.1) is 11.4 Å². The van der Waals surface area contributed by atoms with Crippen molar-refractivity contribution in [3.63, 3.8) is 0 Å². The van der Waals surface area contributed by atoms with E-state index < -0.39 is 0 Å². The summed E-state index contributed by atoms with van der Waals surface area (Å²) in [5.74, 6) is 1.31. The van der Waals surface area contributed by atoms with Crippen molar-refractivity contribution in [1.29, 1.82) is 0 Å². The Labute approximate surface area is 121 Å². The molecular weight excluding hydrogens is 250 g/mol. The van der Waals surface area contributed by atoms with Gasteiger partial charge in [-0.3, -0.25) is 4.79 Å². The van der Waals surface area contributed by atoms with Gasteiger partial charge >= 0.3 is 0 Å². The fraction of sp³-hybridized carbons (Fsp3) is 0.562. The molecule has 1 amide bonds. The molecule has 3 N–H and O–H groups in total. The molecule has 2 atom stereocenters. The minimum Gasteiger partial charge on any atom is -0.397 e. The van der Waals surface area contributed by atoms with E-state index in [2.05, 4.69) is 12.2 Å². The predicted octanol–water partition coefficient (Wildman–Crippen LogP) is 2.50. The van der Waals surface area contributed by atoms with Crippen LogP contribution in [-0.4, -0.2) is 26.5 Å². The van der Waals surface area contributed by atoms with Crippen molar-refractivity contribution in [2.24, 2.45) is 11.8 Å². The Morgan fingerprint density at radius 3 is 2.70 bits per heavy atom. The smallest absolute Gasteiger partial charge is 0.251 e. The Morgan fingerprint density at radius 2 is 2.15 bits per heavy atom. The number of benzene rings is 1. The molecule has 1 aliphatic rings. The molecule has 0 heterocycles. The van der Waals surface area contributed by atoms with Gasteiger partial charge in [-0.1, -0.05) is 19.8 Å². The summed E-state index contributed by atoms with van der Waals surface area (Å²) < 4.78 is 0.